The summed E-state index contributed by atoms with van der Waals surface area (Å²) in [6.07, 6.45) is 6.28. The zero-order chi connectivity index (χ0) is 19.3. The molecule has 0 radical (unpaired) electrons. The molecular weight excluding hydrogens is 376 g/mol. The zero-order valence-electron chi connectivity index (χ0n) is 16.3. The van der Waals surface area contributed by atoms with Gasteiger partial charge in [0.1, 0.15) is 5.69 Å². The van der Waals surface area contributed by atoms with Crippen LogP contribution in [-0.4, -0.2) is 78.1 Å². The summed E-state index contributed by atoms with van der Waals surface area (Å²) in [6, 6.07) is 0.975. The van der Waals surface area contributed by atoms with Gasteiger partial charge in [-0.1, -0.05) is 0 Å². The van der Waals surface area contributed by atoms with E-state index >= 15 is 0 Å². The first-order valence-corrected chi connectivity index (χ1v) is 11.5. The van der Waals surface area contributed by atoms with Crippen LogP contribution in [0.2, 0.25) is 0 Å². The van der Waals surface area contributed by atoms with Crippen LogP contribution >= 0.6 is 11.3 Å². The highest BCUT2D eigenvalue weighted by Gasteiger charge is 2.37. The van der Waals surface area contributed by atoms with E-state index < -0.39 is 0 Å². The van der Waals surface area contributed by atoms with Crippen molar-refractivity contribution in [2.75, 3.05) is 39.4 Å². The van der Waals surface area contributed by atoms with Crippen molar-refractivity contribution in [2.24, 2.45) is 5.92 Å². The number of nitrogens with zero attached hydrogens (tertiary/aromatic N) is 3. The molecule has 0 aromatic carbocycles. The Kier molecular flexibility index (Phi) is 6.59. The molecule has 0 bridgehead atoms. The van der Waals surface area contributed by atoms with Crippen molar-refractivity contribution in [3.63, 3.8) is 0 Å². The lowest BCUT2D eigenvalue weighted by molar-refractivity contribution is -0.134. The SMILES string of the molecule is O=C(NCCN(C1CCOCC1)C1CCN(C(=O)C2CC2)CC1)c1cscn1. The summed E-state index contributed by atoms with van der Waals surface area (Å²) in [6.45, 7) is 4.81. The number of hydrogen-bond acceptors (Lipinski definition) is 6. The zero-order valence-corrected chi connectivity index (χ0v) is 17.2. The minimum absolute atomic E-state index is 0.0990. The fourth-order valence-electron chi connectivity index (χ4n) is 4.40. The summed E-state index contributed by atoms with van der Waals surface area (Å²) in [5.41, 5.74) is 2.18. The molecule has 4 rings (SSSR count). The van der Waals surface area contributed by atoms with E-state index in [0.717, 1.165) is 71.4 Å². The number of thiazole rings is 1. The first-order valence-electron chi connectivity index (χ1n) is 10.5. The summed E-state index contributed by atoms with van der Waals surface area (Å²) in [7, 11) is 0. The summed E-state index contributed by atoms with van der Waals surface area (Å²) in [5, 5.41) is 4.79. The molecule has 8 heteroatoms. The van der Waals surface area contributed by atoms with Gasteiger partial charge in [0.25, 0.3) is 5.91 Å². The maximum absolute atomic E-state index is 12.3. The van der Waals surface area contributed by atoms with Crippen molar-refractivity contribution in [1.29, 1.82) is 0 Å². The third-order valence-corrected chi connectivity index (χ3v) is 6.74. The van der Waals surface area contributed by atoms with Crippen LogP contribution in [0.15, 0.2) is 10.9 Å². The molecule has 154 valence electrons. The molecule has 2 aliphatic heterocycles. The number of nitrogens with one attached hydrogen (secondary N) is 1. The highest BCUT2D eigenvalue weighted by molar-refractivity contribution is 7.07. The summed E-state index contributed by atoms with van der Waals surface area (Å²) >= 11 is 1.43. The first-order chi connectivity index (χ1) is 13.7. The number of carbonyl (C=O) groups excluding carboxylic acids is 2. The van der Waals surface area contributed by atoms with E-state index in [1.165, 1.54) is 11.3 Å². The smallest absolute Gasteiger partial charge is 0.270 e. The van der Waals surface area contributed by atoms with Crippen molar-refractivity contribution in [3.8, 4) is 0 Å². The van der Waals surface area contributed by atoms with Crippen LogP contribution in [0.25, 0.3) is 0 Å². The van der Waals surface area contributed by atoms with E-state index in [-0.39, 0.29) is 5.91 Å². The molecule has 2 saturated heterocycles. The Morgan fingerprint density at radius 3 is 2.50 bits per heavy atom. The fourth-order valence-corrected chi connectivity index (χ4v) is 4.93. The minimum atomic E-state index is -0.0990. The van der Waals surface area contributed by atoms with Gasteiger partial charge in [-0.2, -0.15) is 0 Å². The monoisotopic (exact) mass is 406 g/mol. The molecule has 0 unspecified atom stereocenters. The lowest BCUT2D eigenvalue weighted by Crippen LogP contribution is -2.53. The highest BCUT2D eigenvalue weighted by Crippen LogP contribution is 2.32. The fraction of sp³-hybridized carbons (Fsp3) is 0.750. The number of rotatable bonds is 7. The second-order valence-corrected chi connectivity index (χ2v) is 8.76. The second kappa shape index (κ2) is 9.33. The third-order valence-electron chi connectivity index (χ3n) is 6.15. The van der Waals surface area contributed by atoms with E-state index in [4.69, 9.17) is 4.74 Å². The van der Waals surface area contributed by atoms with Crippen molar-refractivity contribution in [1.82, 2.24) is 20.1 Å². The molecule has 3 fully saturated rings. The number of aromatic nitrogens is 1. The molecule has 1 saturated carbocycles. The molecule has 1 aromatic heterocycles. The Balaban J connectivity index is 1.31. The molecule has 3 aliphatic rings. The van der Waals surface area contributed by atoms with Crippen molar-refractivity contribution < 1.29 is 14.3 Å². The first kappa shape index (κ1) is 19.8. The summed E-state index contributed by atoms with van der Waals surface area (Å²) in [5.74, 6) is 0.577. The Labute approximate surface area is 170 Å². The molecule has 2 amide bonds. The van der Waals surface area contributed by atoms with Gasteiger partial charge in [0.15, 0.2) is 0 Å². The number of amides is 2. The Morgan fingerprint density at radius 2 is 1.86 bits per heavy atom. The van der Waals surface area contributed by atoms with Crippen molar-refractivity contribution in [2.45, 2.75) is 50.6 Å². The average Bonchev–Trinajstić information content (AvgIpc) is 3.45. The van der Waals surface area contributed by atoms with Gasteiger partial charge in [0.2, 0.25) is 5.91 Å². The molecule has 1 N–H and O–H groups in total. The van der Waals surface area contributed by atoms with Gasteiger partial charge < -0.3 is 15.0 Å². The van der Waals surface area contributed by atoms with Crippen molar-refractivity contribution in [3.05, 3.63) is 16.6 Å². The maximum Gasteiger partial charge on any atom is 0.270 e. The standard InChI is InChI=1S/C20H30N4O3S/c25-19(18-13-28-14-22-18)21-7-10-24(17-5-11-27-12-6-17)16-3-8-23(9-4-16)20(26)15-1-2-15/h13-17H,1-12H2,(H,21,25). The van der Waals surface area contributed by atoms with Gasteiger partial charge in [-0.05, 0) is 38.5 Å². The van der Waals surface area contributed by atoms with Gasteiger partial charge in [-0.3, -0.25) is 14.5 Å². The molecule has 1 aliphatic carbocycles. The number of likely N-dealkylation sites (tertiary alicyclic amines) is 1. The Morgan fingerprint density at radius 1 is 1.14 bits per heavy atom. The van der Waals surface area contributed by atoms with Gasteiger partial charge in [0.05, 0.1) is 5.51 Å². The highest BCUT2D eigenvalue weighted by atomic mass is 32.1. The van der Waals surface area contributed by atoms with Gasteiger partial charge in [-0.15, -0.1) is 11.3 Å². The van der Waals surface area contributed by atoms with Crippen LogP contribution in [0.3, 0.4) is 0 Å². The Bertz CT molecular complexity index is 650. The molecule has 0 atom stereocenters. The minimum Gasteiger partial charge on any atom is -0.381 e. The van der Waals surface area contributed by atoms with E-state index in [9.17, 15) is 9.59 Å². The van der Waals surface area contributed by atoms with E-state index in [1.54, 1.807) is 10.9 Å². The van der Waals surface area contributed by atoms with Gasteiger partial charge in [0, 0.05) is 62.8 Å². The number of hydrogen-bond donors (Lipinski definition) is 1. The topological polar surface area (TPSA) is 74.8 Å². The molecule has 28 heavy (non-hydrogen) atoms. The van der Waals surface area contributed by atoms with Gasteiger partial charge in [-0.25, -0.2) is 4.98 Å². The summed E-state index contributed by atoms with van der Waals surface area (Å²) in [4.78, 5) is 33.2. The van der Waals surface area contributed by atoms with E-state index in [1.807, 2.05) is 0 Å². The van der Waals surface area contributed by atoms with Crippen LogP contribution in [0.4, 0.5) is 0 Å². The summed E-state index contributed by atoms with van der Waals surface area (Å²) < 4.78 is 5.55. The number of piperidine rings is 1. The number of carbonyl (C=O) groups is 2. The third kappa shape index (κ3) is 4.90. The normalized spacial score (nSPS) is 21.8. The molecule has 7 nitrogen and oxygen atoms in total. The average molecular weight is 407 g/mol. The lowest BCUT2D eigenvalue weighted by atomic mass is 9.97. The molecule has 1 aromatic rings. The second-order valence-electron chi connectivity index (χ2n) is 8.04. The Hall–Kier alpha value is -1.51. The predicted octanol–water partition coefficient (Wildman–Crippen LogP) is 1.75. The van der Waals surface area contributed by atoms with Crippen LogP contribution in [0, 0.1) is 5.92 Å². The maximum atomic E-state index is 12.3. The van der Waals surface area contributed by atoms with E-state index in [0.29, 0.717) is 36.1 Å². The quantitative estimate of drug-likeness (QED) is 0.747. The van der Waals surface area contributed by atoms with E-state index in [2.05, 4.69) is 20.1 Å². The van der Waals surface area contributed by atoms with Crippen LogP contribution in [0.5, 0.6) is 0 Å². The van der Waals surface area contributed by atoms with Crippen LogP contribution in [-0.2, 0) is 9.53 Å². The number of ether oxygens (including phenoxy) is 1. The van der Waals surface area contributed by atoms with Crippen molar-refractivity contribution >= 4 is 23.2 Å². The molecule has 0 spiro atoms. The lowest BCUT2D eigenvalue weighted by Gasteiger charge is -2.43. The predicted molar refractivity (Wildman–Crippen MR) is 107 cm³/mol. The largest absolute Gasteiger partial charge is 0.381 e. The van der Waals surface area contributed by atoms with Crippen LogP contribution in [0.1, 0.15) is 49.0 Å². The molecule has 3 heterocycles. The van der Waals surface area contributed by atoms with Gasteiger partial charge >= 0.3 is 0 Å². The van der Waals surface area contributed by atoms with Crippen LogP contribution < -0.4 is 5.32 Å². The molecular formula is C20H30N4O3S.